The van der Waals surface area contributed by atoms with E-state index in [1.807, 2.05) is 18.3 Å². The summed E-state index contributed by atoms with van der Waals surface area (Å²) < 4.78 is 30.0. The van der Waals surface area contributed by atoms with Crippen LogP contribution in [0.25, 0.3) is 10.9 Å². The molecule has 2 fully saturated rings. The SMILES string of the molecule is COc1ccc2c(N3CCC4(CC3)CCN(S(N)(=O)=O)C4)ccnc2c1. The van der Waals surface area contributed by atoms with Gasteiger partial charge in [-0.15, -0.1) is 0 Å². The first kappa shape index (κ1) is 17.5. The Balaban J connectivity index is 1.53. The summed E-state index contributed by atoms with van der Waals surface area (Å²) in [6, 6.07) is 8.02. The molecule has 0 radical (unpaired) electrons. The maximum atomic E-state index is 11.6. The first-order valence-corrected chi connectivity index (χ1v) is 10.4. The minimum Gasteiger partial charge on any atom is -0.497 e. The van der Waals surface area contributed by atoms with Gasteiger partial charge in [-0.25, -0.2) is 5.14 Å². The Hall–Kier alpha value is -1.90. The number of hydrogen-bond acceptors (Lipinski definition) is 5. The number of nitrogens with zero attached hydrogens (tertiary/aromatic N) is 3. The Labute approximate surface area is 153 Å². The predicted octanol–water partition coefficient (Wildman–Crippen LogP) is 1.74. The van der Waals surface area contributed by atoms with Gasteiger partial charge in [-0.1, -0.05) is 0 Å². The van der Waals surface area contributed by atoms with E-state index in [1.165, 1.54) is 9.99 Å². The van der Waals surface area contributed by atoms with Gasteiger partial charge in [-0.2, -0.15) is 12.7 Å². The molecule has 1 aromatic carbocycles. The van der Waals surface area contributed by atoms with Crippen LogP contribution in [0.2, 0.25) is 0 Å². The minimum absolute atomic E-state index is 0.0645. The number of piperidine rings is 1. The van der Waals surface area contributed by atoms with Gasteiger partial charge < -0.3 is 9.64 Å². The molecule has 2 aromatic rings. The number of pyridine rings is 1. The number of benzene rings is 1. The number of anilines is 1. The average molecular weight is 376 g/mol. The third kappa shape index (κ3) is 3.13. The number of hydrogen-bond donors (Lipinski definition) is 1. The van der Waals surface area contributed by atoms with E-state index in [0.717, 1.165) is 49.0 Å². The summed E-state index contributed by atoms with van der Waals surface area (Å²) >= 11 is 0. The second kappa shape index (κ2) is 6.37. The lowest BCUT2D eigenvalue weighted by molar-refractivity contribution is 0.235. The molecule has 1 aromatic heterocycles. The van der Waals surface area contributed by atoms with Crippen LogP contribution >= 0.6 is 0 Å². The lowest BCUT2D eigenvalue weighted by atomic mass is 9.77. The Morgan fingerprint density at radius 3 is 2.54 bits per heavy atom. The Kier molecular flexibility index (Phi) is 4.29. The highest BCUT2D eigenvalue weighted by Gasteiger charge is 2.43. The lowest BCUT2D eigenvalue weighted by Gasteiger charge is -2.40. The molecule has 7 nitrogen and oxygen atoms in total. The van der Waals surface area contributed by atoms with Crippen molar-refractivity contribution < 1.29 is 13.2 Å². The van der Waals surface area contributed by atoms with Crippen LogP contribution in [-0.4, -0.2) is 51.0 Å². The first-order valence-electron chi connectivity index (χ1n) is 8.86. The summed E-state index contributed by atoms with van der Waals surface area (Å²) in [6.07, 6.45) is 4.67. The van der Waals surface area contributed by atoms with Crippen LogP contribution in [0.1, 0.15) is 19.3 Å². The highest BCUT2D eigenvalue weighted by Crippen LogP contribution is 2.42. The number of fused-ring (bicyclic) bond motifs is 1. The van der Waals surface area contributed by atoms with E-state index in [0.29, 0.717) is 13.1 Å². The molecule has 2 aliphatic heterocycles. The van der Waals surface area contributed by atoms with Crippen LogP contribution in [0.15, 0.2) is 30.5 Å². The van der Waals surface area contributed by atoms with Gasteiger partial charge in [0.15, 0.2) is 0 Å². The van der Waals surface area contributed by atoms with Gasteiger partial charge in [0.05, 0.1) is 12.6 Å². The molecule has 0 unspecified atom stereocenters. The van der Waals surface area contributed by atoms with E-state index in [-0.39, 0.29) is 5.41 Å². The fourth-order valence-electron chi connectivity index (χ4n) is 4.26. The van der Waals surface area contributed by atoms with Gasteiger partial charge in [-0.3, -0.25) is 4.98 Å². The molecule has 0 aliphatic carbocycles. The van der Waals surface area contributed by atoms with Crippen molar-refractivity contribution in [2.24, 2.45) is 10.6 Å². The van der Waals surface area contributed by atoms with Gasteiger partial charge in [0.25, 0.3) is 10.2 Å². The lowest BCUT2D eigenvalue weighted by Crippen LogP contribution is -2.43. The Bertz CT molecular complexity index is 923. The van der Waals surface area contributed by atoms with E-state index in [9.17, 15) is 8.42 Å². The molecule has 2 N–H and O–H groups in total. The van der Waals surface area contributed by atoms with Crippen molar-refractivity contribution in [2.45, 2.75) is 19.3 Å². The molecule has 2 aliphatic rings. The number of ether oxygens (including phenoxy) is 1. The zero-order chi connectivity index (χ0) is 18.4. The molecule has 8 heteroatoms. The molecule has 0 amide bonds. The second-order valence-corrected chi connectivity index (χ2v) is 8.88. The quantitative estimate of drug-likeness (QED) is 0.881. The molecule has 140 valence electrons. The molecule has 3 heterocycles. The number of rotatable bonds is 3. The van der Waals surface area contributed by atoms with E-state index in [4.69, 9.17) is 9.88 Å². The molecule has 1 spiro atoms. The van der Waals surface area contributed by atoms with Crippen molar-refractivity contribution in [3.63, 3.8) is 0 Å². The molecular formula is C18H24N4O3S. The highest BCUT2D eigenvalue weighted by atomic mass is 32.2. The molecule has 0 atom stereocenters. The maximum absolute atomic E-state index is 11.6. The van der Waals surface area contributed by atoms with Crippen LogP contribution in [0.3, 0.4) is 0 Å². The fraction of sp³-hybridized carbons (Fsp3) is 0.500. The second-order valence-electron chi connectivity index (χ2n) is 7.33. The fourth-order valence-corrected chi connectivity index (χ4v) is 5.06. The maximum Gasteiger partial charge on any atom is 0.276 e. The van der Waals surface area contributed by atoms with Crippen LogP contribution in [0, 0.1) is 5.41 Å². The largest absolute Gasteiger partial charge is 0.497 e. The summed E-state index contributed by atoms with van der Waals surface area (Å²) in [5.74, 6) is 0.800. The summed E-state index contributed by atoms with van der Waals surface area (Å²) in [5, 5.41) is 6.42. The van der Waals surface area contributed by atoms with Crippen LogP contribution in [-0.2, 0) is 10.2 Å². The zero-order valence-electron chi connectivity index (χ0n) is 14.9. The summed E-state index contributed by atoms with van der Waals surface area (Å²) in [5.41, 5.74) is 2.16. The average Bonchev–Trinajstić information content (AvgIpc) is 3.05. The molecule has 0 bridgehead atoms. The van der Waals surface area contributed by atoms with Gasteiger partial charge in [0.1, 0.15) is 5.75 Å². The van der Waals surface area contributed by atoms with E-state index < -0.39 is 10.2 Å². The third-order valence-corrected chi connectivity index (χ3v) is 6.89. The summed E-state index contributed by atoms with van der Waals surface area (Å²) in [6.45, 7) is 2.90. The monoisotopic (exact) mass is 376 g/mol. The molecule has 2 saturated heterocycles. The zero-order valence-corrected chi connectivity index (χ0v) is 15.7. The predicted molar refractivity (Wildman–Crippen MR) is 101 cm³/mol. The Morgan fingerprint density at radius 2 is 1.88 bits per heavy atom. The van der Waals surface area contributed by atoms with Crippen molar-refractivity contribution in [2.75, 3.05) is 38.2 Å². The Morgan fingerprint density at radius 1 is 1.15 bits per heavy atom. The van der Waals surface area contributed by atoms with Crippen LogP contribution < -0.4 is 14.8 Å². The van der Waals surface area contributed by atoms with Crippen molar-refractivity contribution in [1.29, 1.82) is 0 Å². The van der Waals surface area contributed by atoms with E-state index in [2.05, 4.69) is 22.0 Å². The van der Waals surface area contributed by atoms with Crippen LogP contribution in [0.4, 0.5) is 5.69 Å². The topological polar surface area (TPSA) is 88.8 Å². The number of nitrogens with two attached hydrogens (primary N) is 1. The van der Waals surface area contributed by atoms with Gasteiger partial charge in [0.2, 0.25) is 0 Å². The van der Waals surface area contributed by atoms with Crippen molar-refractivity contribution in [3.05, 3.63) is 30.5 Å². The van der Waals surface area contributed by atoms with E-state index in [1.54, 1.807) is 7.11 Å². The highest BCUT2D eigenvalue weighted by molar-refractivity contribution is 7.86. The number of methoxy groups -OCH3 is 1. The van der Waals surface area contributed by atoms with Crippen LogP contribution in [0.5, 0.6) is 5.75 Å². The summed E-state index contributed by atoms with van der Waals surface area (Å²) in [7, 11) is -1.93. The number of aromatic nitrogens is 1. The normalized spacial score (nSPS) is 20.8. The minimum atomic E-state index is -3.58. The van der Waals surface area contributed by atoms with E-state index >= 15 is 0 Å². The molecule has 26 heavy (non-hydrogen) atoms. The van der Waals surface area contributed by atoms with Crippen molar-refractivity contribution in [1.82, 2.24) is 9.29 Å². The van der Waals surface area contributed by atoms with Crippen molar-refractivity contribution >= 4 is 26.8 Å². The van der Waals surface area contributed by atoms with Gasteiger partial charge in [-0.05, 0) is 42.9 Å². The summed E-state index contributed by atoms with van der Waals surface area (Å²) in [4.78, 5) is 6.84. The standard InChI is InChI=1S/C18H24N4O3S/c1-25-14-2-3-15-16(12-14)20-8-4-17(15)21-9-5-18(6-10-21)7-11-22(13-18)26(19,23)24/h2-4,8,12H,5-7,9-11,13H2,1H3,(H2,19,23,24). The smallest absolute Gasteiger partial charge is 0.276 e. The first-order chi connectivity index (χ1) is 12.4. The molecular weight excluding hydrogens is 352 g/mol. The molecule has 4 rings (SSSR count). The van der Waals surface area contributed by atoms with Crippen molar-refractivity contribution in [3.8, 4) is 5.75 Å². The van der Waals surface area contributed by atoms with Gasteiger partial charge in [0, 0.05) is 49.5 Å². The van der Waals surface area contributed by atoms with Gasteiger partial charge >= 0.3 is 0 Å². The molecule has 0 saturated carbocycles. The third-order valence-electron chi connectivity index (χ3n) is 5.85.